The van der Waals surface area contributed by atoms with Crippen molar-refractivity contribution in [2.75, 3.05) is 23.9 Å². The number of benzene rings is 1. The Morgan fingerprint density at radius 1 is 1.47 bits per heavy atom. The summed E-state index contributed by atoms with van der Waals surface area (Å²) in [5.74, 6) is -0.240. The van der Waals surface area contributed by atoms with Crippen molar-refractivity contribution in [3.63, 3.8) is 0 Å². The molecule has 1 aromatic carbocycles. The van der Waals surface area contributed by atoms with Gasteiger partial charge >= 0.3 is 0 Å². The highest BCUT2D eigenvalue weighted by Crippen LogP contribution is 2.43. The molecule has 1 aliphatic rings. The molecule has 0 aromatic heterocycles. The molecule has 0 heterocycles. The first-order chi connectivity index (χ1) is 8.06. The SMILES string of the molecule is CSC1(CNc2cc(C)c(F)cc2N)CCC1. The lowest BCUT2D eigenvalue weighted by molar-refractivity contribution is 0.380. The third-order valence-electron chi connectivity index (χ3n) is 3.63. The molecule has 0 spiro atoms. The molecule has 2 rings (SSSR count). The van der Waals surface area contributed by atoms with Gasteiger partial charge in [-0.15, -0.1) is 0 Å². The van der Waals surface area contributed by atoms with Crippen molar-refractivity contribution in [2.45, 2.75) is 30.9 Å². The Morgan fingerprint density at radius 3 is 2.71 bits per heavy atom. The standard InChI is InChI=1S/C13H19FN2S/c1-9-6-12(11(15)7-10(9)14)16-8-13(17-2)4-3-5-13/h6-7,16H,3-5,8,15H2,1-2H3. The molecular formula is C13H19FN2S. The van der Waals surface area contributed by atoms with Crippen LogP contribution in [0, 0.1) is 12.7 Å². The second-order valence-corrected chi connectivity index (χ2v) is 6.06. The van der Waals surface area contributed by atoms with Gasteiger partial charge in [-0.1, -0.05) is 6.42 Å². The average Bonchev–Trinajstić information content (AvgIpc) is 2.24. The van der Waals surface area contributed by atoms with Gasteiger partial charge in [0, 0.05) is 11.3 Å². The molecule has 0 radical (unpaired) electrons. The maximum absolute atomic E-state index is 13.3. The Kier molecular flexibility index (Phi) is 3.52. The van der Waals surface area contributed by atoms with E-state index in [1.165, 1.54) is 25.3 Å². The van der Waals surface area contributed by atoms with Crippen LogP contribution in [0.15, 0.2) is 12.1 Å². The number of aryl methyl sites for hydroxylation is 1. The number of nitrogen functional groups attached to an aromatic ring is 1. The molecule has 0 saturated heterocycles. The lowest BCUT2D eigenvalue weighted by Crippen LogP contribution is -2.40. The molecule has 0 bridgehead atoms. The quantitative estimate of drug-likeness (QED) is 0.809. The molecule has 2 nitrogen and oxygen atoms in total. The zero-order chi connectivity index (χ0) is 12.5. The van der Waals surface area contributed by atoms with Crippen LogP contribution >= 0.6 is 11.8 Å². The van der Waals surface area contributed by atoms with Crippen LogP contribution < -0.4 is 11.1 Å². The van der Waals surface area contributed by atoms with Crippen molar-refractivity contribution in [1.82, 2.24) is 0 Å². The number of hydrogen-bond donors (Lipinski definition) is 2. The Bertz CT molecular complexity index is 411. The number of nitrogens with two attached hydrogens (primary N) is 1. The van der Waals surface area contributed by atoms with Crippen LogP contribution in [0.1, 0.15) is 24.8 Å². The van der Waals surface area contributed by atoms with E-state index in [2.05, 4.69) is 11.6 Å². The van der Waals surface area contributed by atoms with Gasteiger partial charge in [0.25, 0.3) is 0 Å². The number of nitrogens with one attached hydrogen (secondary N) is 1. The third kappa shape index (κ3) is 2.51. The van der Waals surface area contributed by atoms with E-state index in [-0.39, 0.29) is 5.82 Å². The zero-order valence-corrected chi connectivity index (χ0v) is 11.2. The van der Waals surface area contributed by atoms with Crippen molar-refractivity contribution < 1.29 is 4.39 Å². The van der Waals surface area contributed by atoms with E-state index in [9.17, 15) is 4.39 Å². The van der Waals surface area contributed by atoms with Crippen LogP contribution in [-0.2, 0) is 0 Å². The first kappa shape index (κ1) is 12.6. The lowest BCUT2D eigenvalue weighted by Gasteiger charge is -2.40. The second-order valence-electron chi connectivity index (χ2n) is 4.78. The highest BCUT2D eigenvalue weighted by atomic mass is 32.2. The van der Waals surface area contributed by atoms with Gasteiger partial charge in [0.15, 0.2) is 0 Å². The van der Waals surface area contributed by atoms with Crippen LogP contribution in [0.2, 0.25) is 0 Å². The van der Waals surface area contributed by atoms with Gasteiger partial charge in [-0.25, -0.2) is 4.39 Å². The second kappa shape index (κ2) is 4.77. The van der Waals surface area contributed by atoms with E-state index in [1.54, 1.807) is 13.0 Å². The summed E-state index contributed by atoms with van der Waals surface area (Å²) in [6, 6.07) is 3.18. The van der Waals surface area contributed by atoms with Gasteiger partial charge < -0.3 is 11.1 Å². The predicted molar refractivity (Wildman–Crippen MR) is 74.1 cm³/mol. The smallest absolute Gasteiger partial charge is 0.128 e. The predicted octanol–water partition coefficient (Wildman–Crippen LogP) is 3.41. The number of anilines is 2. The fourth-order valence-electron chi connectivity index (χ4n) is 2.13. The summed E-state index contributed by atoms with van der Waals surface area (Å²) >= 11 is 1.91. The van der Waals surface area contributed by atoms with E-state index < -0.39 is 0 Å². The molecule has 4 heteroatoms. The van der Waals surface area contributed by atoms with E-state index in [1.807, 2.05) is 11.8 Å². The minimum absolute atomic E-state index is 0.240. The topological polar surface area (TPSA) is 38.0 Å². The largest absolute Gasteiger partial charge is 0.397 e. The summed E-state index contributed by atoms with van der Waals surface area (Å²) in [6.45, 7) is 2.66. The van der Waals surface area contributed by atoms with E-state index in [0.717, 1.165) is 12.2 Å². The van der Waals surface area contributed by atoms with Gasteiger partial charge in [0.1, 0.15) is 5.82 Å². The maximum atomic E-state index is 13.3. The summed E-state index contributed by atoms with van der Waals surface area (Å²) < 4.78 is 13.6. The van der Waals surface area contributed by atoms with E-state index >= 15 is 0 Å². The first-order valence-electron chi connectivity index (χ1n) is 5.91. The molecule has 1 aromatic rings. The Hall–Kier alpha value is -0.900. The van der Waals surface area contributed by atoms with Crippen molar-refractivity contribution in [3.05, 3.63) is 23.5 Å². The van der Waals surface area contributed by atoms with Gasteiger partial charge in [0.2, 0.25) is 0 Å². The lowest BCUT2D eigenvalue weighted by atomic mass is 9.84. The average molecular weight is 254 g/mol. The first-order valence-corrected chi connectivity index (χ1v) is 7.13. The summed E-state index contributed by atoms with van der Waals surface area (Å²) in [5.41, 5.74) is 7.78. The summed E-state index contributed by atoms with van der Waals surface area (Å²) in [4.78, 5) is 0. The Morgan fingerprint density at radius 2 is 2.18 bits per heavy atom. The molecule has 3 N–H and O–H groups in total. The van der Waals surface area contributed by atoms with Crippen LogP contribution in [0.4, 0.5) is 15.8 Å². The van der Waals surface area contributed by atoms with Gasteiger partial charge in [-0.2, -0.15) is 11.8 Å². The third-order valence-corrected chi connectivity index (χ3v) is 5.05. The highest BCUT2D eigenvalue weighted by molar-refractivity contribution is 8.00. The summed E-state index contributed by atoms with van der Waals surface area (Å²) in [5, 5.41) is 3.36. The molecule has 0 aliphatic heterocycles. The number of rotatable bonds is 4. The molecule has 17 heavy (non-hydrogen) atoms. The zero-order valence-electron chi connectivity index (χ0n) is 10.3. The van der Waals surface area contributed by atoms with Crippen LogP contribution in [-0.4, -0.2) is 17.5 Å². The van der Waals surface area contributed by atoms with Gasteiger partial charge in [-0.3, -0.25) is 0 Å². The number of thioether (sulfide) groups is 1. The minimum atomic E-state index is -0.240. The molecule has 1 saturated carbocycles. The van der Waals surface area contributed by atoms with Crippen molar-refractivity contribution in [3.8, 4) is 0 Å². The molecule has 0 amide bonds. The monoisotopic (exact) mass is 254 g/mol. The Labute approximate surface area is 106 Å². The molecule has 1 fully saturated rings. The molecule has 94 valence electrons. The summed E-state index contributed by atoms with van der Waals surface area (Å²) in [7, 11) is 0. The molecule has 0 unspecified atom stereocenters. The summed E-state index contributed by atoms with van der Waals surface area (Å²) in [6.07, 6.45) is 5.96. The number of hydrogen-bond acceptors (Lipinski definition) is 3. The van der Waals surface area contributed by atoms with Crippen molar-refractivity contribution in [1.29, 1.82) is 0 Å². The highest BCUT2D eigenvalue weighted by Gasteiger charge is 2.35. The van der Waals surface area contributed by atoms with Crippen LogP contribution in [0.25, 0.3) is 0 Å². The number of halogens is 1. The Balaban J connectivity index is 2.06. The van der Waals surface area contributed by atoms with Crippen LogP contribution in [0.5, 0.6) is 0 Å². The van der Waals surface area contributed by atoms with Crippen LogP contribution in [0.3, 0.4) is 0 Å². The van der Waals surface area contributed by atoms with Crippen molar-refractivity contribution in [2.24, 2.45) is 0 Å². The van der Waals surface area contributed by atoms with Gasteiger partial charge in [-0.05, 0) is 43.7 Å². The van der Waals surface area contributed by atoms with E-state index in [4.69, 9.17) is 5.73 Å². The molecule has 0 atom stereocenters. The fraction of sp³-hybridized carbons (Fsp3) is 0.538. The fourth-order valence-corrected chi connectivity index (χ4v) is 3.04. The van der Waals surface area contributed by atoms with Crippen molar-refractivity contribution >= 4 is 23.1 Å². The van der Waals surface area contributed by atoms with Gasteiger partial charge in [0.05, 0.1) is 11.4 Å². The molecule has 1 aliphatic carbocycles. The normalized spacial score (nSPS) is 17.6. The maximum Gasteiger partial charge on any atom is 0.128 e. The molecular weight excluding hydrogens is 235 g/mol. The minimum Gasteiger partial charge on any atom is -0.397 e. The van der Waals surface area contributed by atoms with E-state index in [0.29, 0.717) is 16.0 Å².